The summed E-state index contributed by atoms with van der Waals surface area (Å²) in [5, 5.41) is 2.17. The molecule has 1 N–H and O–H groups in total. The van der Waals surface area contributed by atoms with E-state index in [1.54, 1.807) is 23.1 Å². The minimum atomic E-state index is -1.83. The zero-order valence-electron chi connectivity index (χ0n) is 19.5. The Labute approximate surface area is 198 Å². The van der Waals surface area contributed by atoms with Crippen LogP contribution in [0, 0.1) is 0 Å². The fourth-order valence-corrected chi connectivity index (χ4v) is 4.36. The quantitative estimate of drug-likeness (QED) is 0.648. The SMILES string of the molecule is [2H][C@]1(N2Cc3c(OCc4ccc(CN5CCOCC5=O)cc4)cccc3C2=O)CCC(=O)NC1=O. The van der Waals surface area contributed by atoms with E-state index >= 15 is 0 Å². The van der Waals surface area contributed by atoms with Crippen molar-refractivity contribution in [2.45, 2.75) is 38.6 Å². The van der Waals surface area contributed by atoms with Crippen LogP contribution in [-0.4, -0.2) is 59.2 Å². The maximum absolute atomic E-state index is 13.0. The molecule has 0 saturated carbocycles. The van der Waals surface area contributed by atoms with Gasteiger partial charge in [0.15, 0.2) is 0 Å². The molecule has 9 nitrogen and oxygen atoms in total. The second-order valence-electron chi connectivity index (χ2n) is 8.47. The Morgan fingerprint density at radius 2 is 1.88 bits per heavy atom. The summed E-state index contributed by atoms with van der Waals surface area (Å²) >= 11 is 0. The van der Waals surface area contributed by atoms with Gasteiger partial charge in [-0.1, -0.05) is 30.3 Å². The molecule has 3 heterocycles. The fraction of sp³-hybridized carbons (Fsp3) is 0.360. The summed E-state index contributed by atoms with van der Waals surface area (Å²) in [5.41, 5.74) is 2.94. The minimum absolute atomic E-state index is 0.00835. The van der Waals surface area contributed by atoms with Gasteiger partial charge in [0.25, 0.3) is 5.91 Å². The van der Waals surface area contributed by atoms with Crippen LogP contribution in [-0.2, 0) is 38.8 Å². The number of amides is 4. The summed E-state index contributed by atoms with van der Waals surface area (Å²) in [6.45, 7) is 2.10. The van der Waals surface area contributed by atoms with Crippen molar-refractivity contribution < 1.29 is 30.0 Å². The predicted octanol–water partition coefficient (Wildman–Crippen LogP) is 1.39. The molecule has 34 heavy (non-hydrogen) atoms. The number of nitrogens with zero attached hydrogens (tertiary/aromatic N) is 2. The topological polar surface area (TPSA) is 105 Å². The molecule has 3 aliphatic rings. The summed E-state index contributed by atoms with van der Waals surface area (Å²) in [6.07, 6.45) is -0.0373. The number of piperidine rings is 1. The second-order valence-corrected chi connectivity index (χ2v) is 8.47. The van der Waals surface area contributed by atoms with Crippen LogP contribution in [0.3, 0.4) is 0 Å². The van der Waals surface area contributed by atoms with Crippen molar-refractivity contribution in [3.8, 4) is 5.75 Å². The zero-order chi connectivity index (χ0) is 24.6. The van der Waals surface area contributed by atoms with Gasteiger partial charge in [-0.15, -0.1) is 0 Å². The molecule has 2 fully saturated rings. The number of carbonyl (C=O) groups is 4. The van der Waals surface area contributed by atoms with Crippen molar-refractivity contribution in [1.82, 2.24) is 15.1 Å². The first-order chi connectivity index (χ1) is 16.8. The molecule has 2 saturated heterocycles. The van der Waals surface area contributed by atoms with Crippen molar-refractivity contribution in [2.75, 3.05) is 19.8 Å². The van der Waals surface area contributed by atoms with Crippen LogP contribution in [0.25, 0.3) is 0 Å². The average molecular weight is 464 g/mol. The van der Waals surface area contributed by atoms with Gasteiger partial charge < -0.3 is 19.3 Å². The maximum atomic E-state index is 13.0. The smallest absolute Gasteiger partial charge is 0.255 e. The molecule has 0 aromatic heterocycles. The van der Waals surface area contributed by atoms with E-state index < -0.39 is 23.7 Å². The van der Waals surface area contributed by atoms with Gasteiger partial charge in [-0.05, 0) is 29.7 Å². The monoisotopic (exact) mass is 464 g/mol. The summed E-state index contributed by atoms with van der Waals surface area (Å²) in [4.78, 5) is 51.9. The van der Waals surface area contributed by atoms with Gasteiger partial charge in [0.05, 0.1) is 14.5 Å². The average Bonchev–Trinajstić information content (AvgIpc) is 3.20. The van der Waals surface area contributed by atoms with Crippen molar-refractivity contribution in [2.24, 2.45) is 0 Å². The Hall–Kier alpha value is -3.72. The molecular weight excluding hydrogens is 438 g/mol. The lowest BCUT2D eigenvalue weighted by molar-refractivity contribution is -0.143. The summed E-state index contributed by atoms with van der Waals surface area (Å²) < 4.78 is 19.8. The second kappa shape index (κ2) is 9.26. The standard InChI is InChI=1S/C25H25N3O6/c29-22-9-8-20(24(31)26-22)28-13-19-18(25(28)32)2-1-3-21(19)34-14-17-6-4-16(5-7-17)12-27-10-11-33-15-23(27)30/h1-7,20H,8-15H2,(H,26,29,31)/t20-/m0/s1/i20D. The van der Waals surface area contributed by atoms with Gasteiger partial charge in [0.2, 0.25) is 17.7 Å². The van der Waals surface area contributed by atoms with Crippen LogP contribution in [0.5, 0.6) is 5.75 Å². The lowest BCUT2D eigenvalue weighted by atomic mass is 10.0. The third-order valence-corrected chi connectivity index (χ3v) is 6.23. The van der Waals surface area contributed by atoms with Crippen molar-refractivity contribution in [3.63, 3.8) is 0 Å². The number of morpholine rings is 1. The molecule has 0 radical (unpaired) electrons. The van der Waals surface area contributed by atoms with E-state index in [9.17, 15) is 19.2 Å². The molecule has 2 aromatic carbocycles. The van der Waals surface area contributed by atoms with Crippen molar-refractivity contribution in [3.05, 3.63) is 64.7 Å². The number of nitrogens with one attached hydrogen (secondary N) is 1. The highest BCUT2D eigenvalue weighted by atomic mass is 16.5. The Bertz CT molecular complexity index is 1200. The van der Waals surface area contributed by atoms with E-state index in [0.29, 0.717) is 36.6 Å². The number of carbonyl (C=O) groups excluding carboxylic acids is 4. The first-order valence-corrected chi connectivity index (χ1v) is 11.2. The molecule has 3 aliphatic heterocycles. The van der Waals surface area contributed by atoms with E-state index in [1.807, 2.05) is 24.3 Å². The molecular formula is C25H25N3O6. The third-order valence-electron chi connectivity index (χ3n) is 6.23. The van der Waals surface area contributed by atoms with Crippen LogP contribution >= 0.6 is 0 Å². The van der Waals surface area contributed by atoms with Crippen molar-refractivity contribution in [1.29, 1.82) is 0 Å². The molecule has 4 amide bonds. The molecule has 1 atom stereocenters. The number of benzene rings is 2. The summed E-state index contributed by atoms with van der Waals surface area (Å²) in [7, 11) is 0. The molecule has 2 aromatic rings. The first kappa shape index (κ1) is 20.9. The van der Waals surface area contributed by atoms with E-state index in [2.05, 4.69) is 5.32 Å². The zero-order valence-corrected chi connectivity index (χ0v) is 18.5. The lowest BCUT2D eigenvalue weighted by Crippen LogP contribution is -2.52. The molecule has 176 valence electrons. The molecule has 0 spiro atoms. The van der Waals surface area contributed by atoms with Gasteiger partial charge in [0.1, 0.15) is 25.0 Å². The number of hydrogen-bond acceptors (Lipinski definition) is 6. The highest BCUT2D eigenvalue weighted by Gasteiger charge is 2.40. The summed E-state index contributed by atoms with van der Waals surface area (Å²) in [6, 6.07) is 11.1. The number of ether oxygens (including phenoxy) is 2. The Kier molecular flexibility index (Phi) is 5.68. The van der Waals surface area contributed by atoms with E-state index in [0.717, 1.165) is 11.1 Å². The number of fused-ring (bicyclic) bond motifs is 1. The predicted molar refractivity (Wildman–Crippen MR) is 119 cm³/mol. The van der Waals surface area contributed by atoms with Crippen LogP contribution in [0.15, 0.2) is 42.5 Å². The Balaban J connectivity index is 1.26. The van der Waals surface area contributed by atoms with Gasteiger partial charge in [-0.25, -0.2) is 0 Å². The van der Waals surface area contributed by atoms with Gasteiger partial charge in [-0.2, -0.15) is 0 Å². The molecule has 0 bridgehead atoms. The van der Waals surface area contributed by atoms with E-state index in [-0.39, 0.29) is 38.5 Å². The largest absolute Gasteiger partial charge is 0.489 e. The lowest BCUT2D eigenvalue weighted by Gasteiger charge is -2.29. The highest BCUT2D eigenvalue weighted by Crippen LogP contribution is 2.34. The van der Waals surface area contributed by atoms with E-state index in [4.69, 9.17) is 10.8 Å². The Morgan fingerprint density at radius 1 is 1.09 bits per heavy atom. The number of imide groups is 1. The summed E-state index contributed by atoms with van der Waals surface area (Å²) in [5.74, 6) is -1.15. The minimum Gasteiger partial charge on any atom is -0.489 e. The molecule has 5 rings (SSSR count). The van der Waals surface area contributed by atoms with Crippen LogP contribution < -0.4 is 10.1 Å². The first-order valence-electron chi connectivity index (χ1n) is 11.7. The van der Waals surface area contributed by atoms with Crippen molar-refractivity contribution >= 4 is 23.6 Å². The highest BCUT2D eigenvalue weighted by molar-refractivity contribution is 6.05. The third kappa shape index (κ3) is 4.38. The van der Waals surface area contributed by atoms with Crippen LogP contribution in [0.4, 0.5) is 0 Å². The Morgan fingerprint density at radius 3 is 2.65 bits per heavy atom. The molecule has 0 aliphatic carbocycles. The fourth-order valence-electron chi connectivity index (χ4n) is 4.36. The van der Waals surface area contributed by atoms with Crippen LogP contribution in [0.2, 0.25) is 0 Å². The van der Waals surface area contributed by atoms with Gasteiger partial charge >= 0.3 is 0 Å². The maximum Gasteiger partial charge on any atom is 0.255 e. The van der Waals surface area contributed by atoms with Gasteiger partial charge in [-0.3, -0.25) is 24.5 Å². The molecule has 9 heteroatoms. The normalized spacial score (nSPS) is 23.0. The van der Waals surface area contributed by atoms with Gasteiger partial charge in [0, 0.05) is 30.6 Å². The molecule has 0 unspecified atom stereocenters. The van der Waals surface area contributed by atoms with E-state index in [1.165, 1.54) is 4.90 Å². The number of hydrogen-bond donors (Lipinski definition) is 1. The number of rotatable bonds is 6. The van der Waals surface area contributed by atoms with Crippen LogP contribution in [0.1, 0.15) is 41.3 Å².